The van der Waals surface area contributed by atoms with Crippen molar-refractivity contribution in [3.05, 3.63) is 27.2 Å². The summed E-state index contributed by atoms with van der Waals surface area (Å²) in [6, 6.07) is 0. The molecule has 2 aromatic rings. The van der Waals surface area contributed by atoms with Crippen LogP contribution in [0.3, 0.4) is 0 Å². The molecule has 7 nitrogen and oxygen atoms in total. The Kier molecular flexibility index (Phi) is 1.77. The first-order valence-corrected chi connectivity index (χ1v) is 3.75. The highest BCUT2D eigenvalue weighted by Crippen LogP contribution is 2.00. The third-order valence-corrected chi connectivity index (χ3v) is 1.75. The van der Waals surface area contributed by atoms with Gasteiger partial charge in [-0.15, -0.1) is 0 Å². The van der Waals surface area contributed by atoms with Gasteiger partial charge in [0.05, 0.1) is 12.9 Å². The molecule has 0 fully saturated rings. The lowest BCUT2D eigenvalue weighted by Crippen LogP contribution is -2.22. The fourth-order valence-corrected chi connectivity index (χ4v) is 1.17. The number of rotatable bonds is 2. The van der Waals surface area contributed by atoms with Gasteiger partial charge in [0.25, 0.3) is 5.56 Å². The van der Waals surface area contributed by atoms with E-state index in [9.17, 15) is 14.4 Å². The van der Waals surface area contributed by atoms with Crippen molar-refractivity contribution in [2.24, 2.45) is 0 Å². The lowest BCUT2D eigenvalue weighted by molar-refractivity contribution is 0.546. The Balaban J connectivity index is 2.85. The highest BCUT2D eigenvalue weighted by atomic mass is 16.2. The molecule has 0 amide bonds. The van der Waals surface area contributed by atoms with E-state index in [1.807, 2.05) is 4.98 Å². The highest BCUT2D eigenvalue weighted by Gasteiger charge is 2.06. The zero-order valence-corrected chi connectivity index (χ0v) is 6.90. The number of aromatic nitrogens is 4. The van der Waals surface area contributed by atoms with E-state index in [1.54, 1.807) is 6.29 Å². The third-order valence-electron chi connectivity index (χ3n) is 1.75. The number of hydrogen-bond donors (Lipinski definition) is 2. The van der Waals surface area contributed by atoms with Crippen LogP contribution in [0.4, 0.5) is 0 Å². The Hall–Kier alpha value is -2.18. The molecule has 2 rings (SSSR count). The van der Waals surface area contributed by atoms with Crippen LogP contribution < -0.4 is 11.2 Å². The molecule has 0 aromatic carbocycles. The number of nitrogens with zero attached hydrogens (tertiary/aromatic N) is 2. The second kappa shape index (κ2) is 2.95. The standard InChI is InChI=1S/C7H5N4O3/c12-2-1-11-3-8-4-5(11)9-7(14)10-6(4)13/h3H,1H2,(H2,9,10,13,14). The van der Waals surface area contributed by atoms with Crippen LogP contribution in [0.15, 0.2) is 15.9 Å². The molecule has 2 heterocycles. The van der Waals surface area contributed by atoms with Gasteiger partial charge in [0.1, 0.15) is 5.65 Å². The molecule has 7 heteroatoms. The number of fused-ring (bicyclic) bond motifs is 1. The summed E-state index contributed by atoms with van der Waals surface area (Å²) in [5, 5.41) is 0. The summed E-state index contributed by atoms with van der Waals surface area (Å²) < 4.78 is 1.33. The maximum absolute atomic E-state index is 11.2. The Morgan fingerprint density at radius 1 is 1.43 bits per heavy atom. The molecule has 71 valence electrons. The predicted molar refractivity (Wildman–Crippen MR) is 46.7 cm³/mol. The molecule has 0 aliphatic heterocycles. The maximum atomic E-state index is 11.2. The van der Waals surface area contributed by atoms with E-state index in [-0.39, 0.29) is 17.7 Å². The molecule has 0 bridgehead atoms. The third kappa shape index (κ3) is 1.15. The summed E-state index contributed by atoms with van der Waals surface area (Å²) in [4.78, 5) is 40.4. The van der Waals surface area contributed by atoms with Gasteiger partial charge in [-0.05, 0) is 0 Å². The average Bonchev–Trinajstić information content (AvgIpc) is 2.49. The normalized spacial score (nSPS) is 10.6. The zero-order valence-electron chi connectivity index (χ0n) is 6.90. The molecule has 14 heavy (non-hydrogen) atoms. The molecule has 0 saturated heterocycles. The molecule has 0 saturated carbocycles. The fraction of sp³-hybridized carbons (Fsp3) is 0.143. The van der Waals surface area contributed by atoms with E-state index in [4.69, 9.17) is 0 Å². The van der Waals surface area contributed by atoms with Gasteiger partial charge in [-0.1, -0.05) is 0 Å². The van der Waals surface area contributed by atoms with Crippen molar-refractivity contribution in [2.45, 2.75) is 6.54 Å². The fourth-order valence-electron chi connectivity index (χ4n) is 1.17. The van der Waals surface area contributed by atoms with Gasteiger partial charge in [-0.2, -0.15) is 0 Å². The van der Waals surface area contributed by atoms with Crippen LogP contribution in [0.5, 0.6) is 0 Å². The molecule has 2 aromatic heterocycles. The smallest absolute Gasteiger partial charge is 0.309 e. The molecule has 0 unspecified atom stereocenters. The second-order valence-electron chi connectivity index (χ2n) is 2.62. The molecule has 0 spiro atoms. The van der Waals surface area contributed by atoms with Gasteiger partial charge in [-0.3, -0.25) is 19.6 Å². The molecule has 0 atom stereocenters. The van der Waals surface area contributed by atoms with Crippen molar-refractivity contribution in [1.29, 1.82) is 0 Å². The van der Waals surface area contributed by atoms with Gasteiger partial charge >= 0.3 is 5.69 Å². The van der Waals surface area contributed by atoms with Crippen LogP contribution in [0, 0.1) is 0 Å². The molecular formula is C7H5N4O3. The van der Waals surface area contributed by atoms with Crippen LogP contribution in [-0.2, 0) is 11.3 Å². The minimum Gasteiger partial charge on any atom is -0.309 e. The Morgan fingerprint density at radius 3 is 2.93 bits per heavy atom. The average molecular weight is 193 g/mol. The number of imidazole rings is 1. The summed E-state index contributed by atoms with van der Waals surface area (Å²) in [6.07, 6.45) is 2.93. The van der Waals surface area contributed by atoms with Gasteiger partial charge in [-0.25, -0.2) is 9.78 Å². The van der Waals surface area contributed by atoms with Crippen LogP contribution >= 0.6 is 0 Å². The van der Waals surface area contributed by atoms with Crippen molar-refractivity contribution in [2.75, 3.05) is 0 Å². The summed E-state index contributed by atoms with van der Waals surface area (Å²) in [6.45, 7) is -0.0735. The van der Waals surface area contributed by atoms with Crippen LogP contribution in [-0.4, -0.2) is 25.8 Å². The van der Waals surface area contributed by atoms with Crippen LogP contribution in [0.1, 0.15) is 0 Å². The predicted octanol–water partition coefficient (Wildman–Crippen LogP) is -1.48. The lowest BCUT2D eigenvalue weighted by Gasteiger charge is -1.94. The SMILES string of the molecule is O=[C]Cn1cnc2c(=O)[nH]c(=O)[nH]c21. The molecule has 0 aliphatic carbocycles. The number of H-pyrrole nitrogens is 2. The van der Waals surface area contributed by atoms with E-state index < -0.39 is 11.2 Å². The monoisotopic (exact) mass is 193 g/mol. The van der Waals surface area contributed by atoms with E-state index in [2.05, 4.69) is 9.97 Å². The quantitative estimate of drug-likeness (QED) is 0.607. The molecule has 0 aliphatic rings. The van der Waals surface area contributed by atoms with Crippen molar-refractivity contribution in [3.63, 3.8) is 0 Å². The van der Waals surface area contributed by atoms with Gasteiger partial charge < -0.3 is 4.57 Å². The van der Waals surface area contributed by atoms with Crippen molar-refractivity contribution >= 4 is 17.5 Å². The largest absolute Gasteiger partial charge is 0.327 e. The maximum Gasteiger partial charge on any atom is 0.327 e. The van der Waals surface area contributed by atoms with Crippen molar-refractivity contribution < 1.29 is 4.79 Å². The number of aromatic amines is 2. The van der Waals surface area contributed by atoms with Gasteiger partial charge in [0, 0.05) is 0 Å². The minimum absolute atomic E-state index is 0.0735. The van der Waals surface area contributed by atoms with Crippen LogP contribution in [0.2, 0.25) is 0 Å². The lowest BCUT2D eigenvalue weighted by atomic mass is 10.5. The van der Waals surface area contributed by atoms with Crippen molar-refractivity contribution in [1.82, 2.24) is 19.5 Å². The molecular weight excluding hydrogens is 188 g/mol. The van der Waals surface area contributed by atoms with E-state index in [0.29, 0.717) is 0 Å². The summed E-state index contributed by atoms with van der Waals surface area (Å²) >= 11 is 0. The van der Waals surface area contributed by atoms with Crippen LogP contribution in [0.25, 0.3) is 11.2 Å². The number of nitrogens with one attached hydrogen (secondary N) is 2. The van der Waals surface area contributed by atoms with E-state index in [0.717, 1.165) is 0 Å². The second-order valence-corrected chi connectivity index (χ2v) is 2.62. The van der Waals surface area contributed by atoms with Gasteiger partial charge in [0.2, 0.25) is 6.29 Å². The van der Waals surface area contributed by atoms with E-state index in [1.165, 1.54) is 10.9 Å². The zero-order chi connectivity index (χ0) is 10.1. The highest BCUT2D eigenvalue weighted by molar-refractivity contribution is 5.70. The Labute approximate surface area is 76.4 Å². The summed E-state index contributed by atoms with van der Waals surface area (Å²) in [7, 11) is 0. The number of hydrogen-bond acceptors (Lipinski definition) is 4. The van der Waals surface area contributed by atoms with Gasteiger partial charge in [0.15, 0.2) is 5.52 Å². The molecule has 1 radical (unpaired) electrons. The van der Waals surface area contributed by atoms with E-state index >= 15 is 0 Å². The first kappa shape index (κ1) is 8.42. The Bertz CT molecular complexity index is 591. The first-order valence-electron chi connectivity index (χ1n) is 3.75. The minimum atomic E-state index is -0.629. The number of carbonyl (C=O) groups excluding carboxylic acids is 1. The summed E-state index contributed by atoms with van der Waals surface area (Å²) in [5.74, 6) is 0. The summed E-state index contributed by atoms with van der Waals surface area (Å²) in [5.41, 5.74) is -0.884. The van der Waals surface area contributed by atoms with Crippen molar-refractivity contribution in [3.8, 4) is 0 Å². The first-order chi connectivity index (χ1) is 6.72. The Morgan fingerprint density at radius 2 is 2.21 bits per heavy atom. The topological polar surface area (TPSA) is 101 Å². The molecule has 2 N–H and O–H groups in total.